The van der Waals surface area contributed by atoms with Crippen molar-refractivity contribution in [3.63, 3.8) is 0 Å². The van der Waals surface area contributed by atoms with Gasteiger partial charge in [0, 0.05) is 12.2 Å². The van der Waals surface area contributed by atoms with E-state index in [2.05, 4.69) is 0 Å². The van der Waals surface area contributed by atoms with E-state index >= 15 is 0 Å². The molecule has 0 bridgehead atoms. The zero-order valence-electron chi connectivity index (χ0n) is 7.78. The van der Waals surface area contributed by atoms with Gasteiger partial charge in [0.25, 0.3) is 0 Å². The van der Waals surface area contributed by atoms with E-state index in [9.17, 15) is 4.79 Å². The van der Waals surface area contributed by atoms with Gasteiger partial charge in [-0.1, -0.05) is 0 Å². The summed E-state index contributed by atoms with van der Waals surface area (Å²) in [6.45, 7) is 0. The second-order valence-electron chi connectivity index (χ2n) is 3.34. The molecule has 0 unspecified atom stereocenters. The Labute approximate surface area is 86.5 Å². The van der Waals surface area contributed by atoms with Gasteiger partial charge >= 0.3 is 5.97 Å². The fourth-order valence-corrected chi connectivity index (χ4v) is 2.53. The van der Waals surface area contributed by atoms with Crippen LogP contribution in [0.4, 0.5) is 0 Å². The lowest BCUT2D eigenvalue weighted by molar-refractivity contribution is -0.136. The highest BCUT2D eigenvalue weighted by molar-refractivity contribution is 7.99. The van der Waals surface area contributed by atoms with Crippen LogP contribution in [0.3, 0.4) is 0 Å². The van der Waals surface area contributed by atoms with Crippen LogP contribution in [0, 0.1) is 0 Å². The lowest BCUT2D eigenvalue weighted by Crippen LogP contribution is -1.98. The van der Waals surface area contributed by atoms with Crippen molar-refractivity contribution in [3.8, 4) is 0 Å². The SMILES string of the molecule is O=C(O)Cc1cc2c(o1)CCSCC2. The number of carbonyl (C=O) groups is 1. The zero-order chi connectivity index (χ0) is 9.97. The summed E-state index contributed by atoms with van der Waals surface area (Å²) >= 11 is 1.92. The van der Waals surface area contributed by atoms with Gasteiger partial charge in [0.1, 0.15) is 17.9 Å². The van der Waals surface area contributed by atoms with Gasteiger partial charge in [-0.2, -0.15) is 11.8 Å². The molecule has 0 amide bonds. The molecule has 2 heterocycles. The number of thioether (sulfide) groups is 1. The Morgan fingerprint density at radius 1 is 1.50 bits per heavy atom. The number of furan rings is 1. The third kappa shape index (κ3) is 2.12. The predicted molar refractivity (Wildman–Crippen MR) is 54.8 cm³/mol. The van der Waals surface area contributed by atoms with Gasteiger partial charge in [-0.3, -0.25) is 4.79 Å². The van der Waals surface area contributed by atoms with E-state index in [1.165, 1.54) is 5.56 Å². The van der Waals surface area contributed by atoms with Crippen LogP contribution in [0.15, 0.2) is 10.5 Å². The van der Waals surface area contributed by atoms with Crippen molar-refractivity contribution in [2.24, 2.45) is 0 Å². The van der Waals surface area contributed by atoms with Gasteiger partial charge in [-0.25, -0.2) is 0 Å². The third-order valence-corrected chi connectivity index (χ3v) is 3.25. The maximum Gasteiger partial charge on any atom is 0.311 e. The van der Waals surface area contributed by atoms with Crippen LogP contribution < -0.4 is 0 Å². The summed E-state index contributed by atoms with van der Waals surface area (Å²) in [5.74, 6) is 2.94. The van der Waals surface area contributed by atoms with Crippen LogP contribution in [0.1, 0.15) is 17.1 Å². The van der Waals surface area contributed by atoms with Crippen molar-refractivity contribution < 1.29 is 14.3 Å². The molecule has 1 aromatic rings. The molecule has 76 valence electrons. The van der Waals surface area contributed by atoms with E-state index < -0.39 is 5.97 Å². The molecule has 0 saturated carbocycles. The van der Waals surface area contributed by atoms with Gasteiger partial charge in [-0.05, 0) is 23.8 Å². The van der Waals surface area contributed by atoms with Crippen LogP contribution in [-0.4, -0.2) is 22.6 Å². The summed E-state index contributed by atoms with van der Waals surface area (Å²) in [7, 11) is 0. The fraction of sp³-hybridized carbons (Fsp3) is 0.500. The molecule has 1 N–H and O–H groups in total. The Morgan fingerprint density at radius 3 is 3.07 bits per heavy atom. The van der Waals surface area contributed by atoms with Gasteiger partial charge in [0.05, 0.1) is 0 Å². The van der Waals surface area contributed by atoms with Gasteiger partial charge in [0.2, 0.25) is 0 Å². The predicted octanol–water partition coefficient (Wildman–Crippen LogP) is 1.74. The van der Waals surface area contributed by atoms with E-state index in [0.29, 0.717) is 5.76 Å². The molecule has 1 aliphatic heterocycles. The van der Waals surface area contributed by atoms with Crippen molar-refractivity contribution >= 4 is 17.7 Å². The molecule has 0 saturated heterocycles. The maximum atomic E-state index is 10.5. The van der Waals surface area contributed by atoms with E-state index in [4.69, 9.17) is 9.52 Å². The standard InChI is InChI=1S/C10H12O3S/c11-10(12)6-8-5-7-1-3-14-4-2-9(7)13-8/h5H,1-4,6H2,(H,11,12). The van der Waals surface area contributed by atoms with Crippen molar-refractivity contribution in [1.82, 2.24) is 0 Å². The van der Waals surface area contributed by atoms with Crippen LogP contribution in [0.5, 0.6) is 0 Å². The highest BCUT2D eigenvalue weighted by Gasteiger charge is 2.15. The molecule has 14 heavy (non-hydrogen) atoms. The third-order valence-electron chi connectivity index (χ3n) is 2.26. The first-order valence-electron chi connectivity index (χ1n) is 4.65. The molecule has 0 aliphatic carbocycles. The van der Waals surface area contributed by atoms with E-state index in [1.807, 2.05) is 17.8 Å². The average molecular weight is 212 g/mol. The highest BCUT2D eigenvalue weighted by Crippen LogP contribution is 2.23. The van der Waals surface area contributed by atoms with Crippen molar-refractivity contribution in [2.75, 3.05) is 11.5 Å². The summed E-state index contributed by atoms with van der Waals surface area (Å²) < 4.78 is 5.50. The van der Waals surface area contributed by atoms with E-state index in [-0.39, 0.29) is 6.42 Å². The quantitative estimate of drug-likeness (QED) is 0.811. The molecule has 1 aliphatic rings. The number of hydrogen-bond acceptors (Lipinski definition) is 3. The second kappa shape index (κ2) is 4.09. The minimum atomic E-state index is -0.830. The first-order chi connectivity index (χ1) is 6.75. The molecule has 0 aromatic carbocycles. The Morgan fingerprint density at radius 2 is 2.29 bits per heavy atom. The van der Waals surface area contributed by atoms with Crippen LogP contribution in [0.25, 0.3) is 0 Å². The van der Waals surface area contributed by atoms with Gasteiger partial charge in [-0.15, -0.1) is 0 Å². The summed E-state index contributed by atoms with van der Waals surface area (Å²) in [5, 5.41) is 8.62. The van der Waals surface area contributed by atoms with Crippen molar-refractivity contribution in [3.05, 3.63) is 23.2 Å². The molecule has 0 atom stereocenters. The number of carboxylic acid groups (broad SMARTS) is 1. The van der Waals surface area contributed by atoms with E-state index in [1.54, 1.807) is 0 Å². The molecule has 2 rings (SSSR count). The van der Waals surface area contributed by atoms with Crippen molar-refractivity contribution in [2.45, 2.75) is 19.3 Å². The Balaban J connectivity index is 2.18. The van der Waals surface area contributed by atoms with Gasteiger partial charge in [0.15, 0.2) is 0 Å². The molecule has 3 nitrogen and oxygen atoms in total. The monoisotopic (exact) mass is 212 g/mol. The normalized spacial score (nSPS) is 16.0. The minimum Gasteiger partial charge on any atom is -0.481 e. The van der Waals surface area contributed by atoms with Gasteiger partial charge < -0.3 is 9.52 Å². The van der Waals surface area contributed by atoms with Crippen molar-refractivity contribution in [1.29, 1.82) is 0 Å². The topological polar surface area (TPSA) is 50.4 Å². The molecule has 0 fully saturated rings. The Bertz CT molecular complexity index is 320. The number of carboxylic acids is 1. The fourth-order valence-electron chi connectivity index (χ4n) is 1.64. The Hall–Kier alpha value is -0.900. The average Bonchev–Trinajstić information content (AvgIpc) is 2.34. The molecule has 0 spiro atoms. The molecule has 0 radical (unpaired) electrons. The molecular weight excluding hydrogens is 200 g/mol. The lowest BCUT2D eigenvalue weighted by atomic mass is 10.1. The molecular formula is C10H12O3S. The number of hydrogen-bond donors (Lipinski definition) is 1. The first kappa shape index (κ1) is 9.65. The number of aryl methyl sites for hydroxylation is 2. The number of rotatable bonds is 2. The molecule has 1 aromatic heterocycles. The summed E-state index contributed by atoms with van der Waals surface area (Å²) in [4.78, 5) is 10.5. The summed E-state index contributed by atoms with van der Waals surface area (Å²) in [5.41, 5.74) is 1.20. The minimum absolute atomic E-state index is 0.000142. The van der Waals surface area contributed by atoms with Crippen LogP contribution in [-0.2, 0) is 24.1 Å². The molecule has 4 heteroatoms. The Kier molecular flexibility index (Phi) is 2.82. The summed E-state index contributed by atoms with van der Waals surface area (Å²) in [6.07, 6.45) is 1.93. The largest absolute Gasteiger partial charge is 0.481 e. The zero-order valence-corrected chi connectivity index (χ0v) is 8.60. The van der Waals surface area contributed by atoms with Crippen LogP contribution in [0.2, 0.25) is 0 Å². The lowest BCUT2D eigenvalue weighted by Gasteiger charge is -1.93. The number of aliphatic carboxylic acids is 1. The van der Waals surface area contributed by atoms with Crippen LogP contribution >= 0.6 is 11.8 Å². The highest BCUT2D eigenvalue weighted by atomic mass is 32.2. The first-order valence-corrected chi connectivity index (χ1v) is 5.81. The second-order valence-corrected chi connectivity index (χ2v) is 4.57. The summed E-state index contributed by atoms with van der Waals surface area (Å²) in [6, 6.07) is 1.90. The smallest absolute Gasteiger partial charge is 0.311 e. The maximum absolute atomic E-state index is 10.5. The van der Waals surface area contributed by atoms with E-state index in [0.717, 1.165) is 30.1 Å². The number of fused-ring (bicyclic) bond motifs is 1.